The minimum Gasteiger partial charge on any atom is -0.342 e. The molecular formula is C13H25ClN2O. The number of hydrogen-bond acceptors (Lipinski definition) is 2. The van der Waals surface area contributed by atoms with E-state index in [0.717, 1.165) is 44.9 Å². The molecule has 0 bridgehead atoms. The Hall–Kier alpha value is -0.280. The normalized spacial score (nSPS) is 34.0. The van der Waals surface area contributed by atoms with Gasteiger partial charge in [-0.3, -0.25) is 4.79 Å². The molecule has 17 heavy (non-hydrogen) atoms. The van der Waals surface area contributed by atoms with Gasteiger partial charge < -0.3 is 10.2 Å². The molecule has 2 heterocycles. The van der Waals surface area contributed by atoms with E-state index in [1.54, 1.807) is 0 Å². The van der Waals surface area contributed by atoms with Crippen molar-refractivity contribution < 1.29 is 4.79 Å². The standard InChI is InChI=1S/C13H24N2O.ClH/c1-10-5-7-15(9-11(10)2)13(16)12-4-3-6-14-8-12;/h10-12,14H,3-9H2,1-2H3;1H. The SMILES string of the molecule is CC1CCN(C(=O)C2CCCNC2)CC1C.Cl. The van der Waals surface area contributed by atoms with Crippen LogP contribution >= 0.6 is 12.4 Å². The van der Waals surface area contributed by atoms with Crippen LogP contribution in [0.4, 0.5) is 0 Å². The molecule has 0 saturated carbocycles. The van der Waals surface area contributed by atoms with Crippen LogP contribution in [0.25, 0.3) is 0 Å². The highest BCUT2D eigenvalue weighted by Gasteiger charge is 2.30. The molecule has 0 aliphatic carbocycles. The van der Waals surface area contributed by atoms with Gasteiger partial charge in [-0.2, -0.15) is 0 Å². The van der Waals surface area contributed by atoms with E-state index in [1.807, 2.05) is 0 Å². The van der Waals surface area contributed by atoms with Gasteiger partial charge in [0.15, 0.2) is 0 Å². The maximum absolute atomic E-state index is 12.3. The summed E-state index contributed by atoms with van der Waals surface area (Å²) in [6, 6.07) is 0. The van der Waals surface area contributed by atoms with Gasteiger partial charge in [0.2, 0.25) is 5.91 Å². The molecule has 3 nitrogen and oxygen atoms in total. The van der Waals surface area contributed by atoms with E-state index in [9.17, 15) is 4.79 Å². The predicted molar refractivity (Wildman–Crippen MR) is 72.4 cm³/mol. The third-order valence-corrected chi connectivity index (χ3v) is 4.29. The van der Waals surface area contributed by atoms with Crippen molar-refractivity contribution in [2.45, 2.75) is 33.1 Å². The van der Waals surface area contributed by atoms with Gasteiger partial charge in [-0.25, -0.2) is 0 Å². The first kappa shape index (κ1) is 14.8. The fourth-order valence-electron chi connectivity index (χ4n) is 2.78. The van der Waals surface area contributed by atoms with Crippen molar-refractivity contribution in [1.29, 1.82) is 0 Å². The summed E-state index contributed by atoms with van der Waals surface area (Å²) in [6.07, 6.45) is 3.40. The second-order valence-corrected chi connectivity index (χ2v) is 5.57. The monoisotopic (exact) mass is 260 g/mol. The van der Waals surface area contributed by atoms with Gasteiger partial charge in [0.05, 0.1) is 5.92 Å². The molecular weight excluding hydrogens is 236 g/mol. The minimum atomic E-state index is 0. The highest BCUT2D eigenvalue weighted by atomic mass is 35.5. The number of piperidine rings is 2. The van der Waals surface area contributed by atoms with Crippen molar-refractivity contribution >= 4 is 18.3 Å². The summed E-state index contributed by atoms with van der Waals surface area (Å²) >= 11 is 0. The number of nitrogens with zero attached hydrogens (tertiary/aromatic N) is 1. The molecule has 0 aromatic rings. The molecule has 2 rings (SSSR count). The molecule has 2 aliphatic rings. The summed E-state index contributed by atoms with van der Waals surface area (Å²) in [6.45, 7) is 8.48. The lowest BCUT2D eigenvalue weighted by Crippen LogP contribution is -2.48. The topological polar surface area (TPSA) is 32.3 Å². The summed E-state index contributed by atoms with van der Waals surface area (Å²) in [5, 5.41) is 3.33. The number of likely N-dealkylation sites (tertiary alicyclic amines) is 1. The van der Waals surface area contributed by atoms with Crippen molar-refractivity contribution in [2.75, 3.05) is 26.2 Å². The lowest BCUT2D eigenvalue weighted by molar-refractivity contribution is -0.138. The Morgan fingerprint density at radius 1 is 1.24 bits per heavy atom. The molecule has 100 valence electrons. The molecule has 2 fully saturated rings. The number of halogens is 1. The number of carbonyl (C=O) groups is 1. The van der Waals surface area contributed by atoms with Crippen molar-refractivity contribution in [3.05, 3.63) is 0 Å². The number of carbonyl (C=O) groups excluding carboxylic acids is 1. The van der Waals surface area contributed by atoms with E-state index in [-0.39, 0.29) is 18.3 Å². The first-order valence-electron chi connectivity index (χ1n) is 6.68. The Morgan fingerprint density at radius 2 is 2.00 bits per heavy atom. The van der Waals surface area contributed by atoms with Gasteiger partial charge in [0, 0.05) is 19.6 Å². The highest BCUT2D eigenvalue weighted by molar-refractivity contribution is 5.85. The van der Waals surface area contributed by atoms with Crippen LogP contribution in [0.1, 0.15) is 33.1 Å². The number of hydrogen-bond donors (Lipinski definition) is 1. The Balaban J connectivity index is 0.00000144. The van der Waals surface area contributed by atoms with Gasteiger partial charge in [-0.1, -0.05) is 13.8 Å². The second-order valence-electron chi connectivity index (χ2n) is 5.57. The number of rotatable bonds is 1. The summed E-state index contributed by atoms with van der Waals surface area (Å²) in [5.74, 6) is 2.07. The Morgan fingerprint density at radius 3 is 2.59 bits per heavy atom. The van der Waals surface area contributed by atoms with E-state index in [0.29, 0.717) is 11.8 Å². The molecule has 0 aromatic carbocycles. The smallest absolute Gasteiger partial charge is 0.226 e. The van der Waals surface area contributed by atoms with Crippen LogP contribution in [0.2, 0.25) is 0 Å². The molecule has 2 saturated heterocycles. The van der Waals surface area contributed by atoms with Gasteiger partial charge in [-0.15, -0.1) is 12.4 Å². The van der Waals surface area contributed by atoms with Gasteiger partial charge in [0.25, 0.3) is 0 Å². The van der Waals surface area contributed by atoms with Crippen LogP contribution in [0.15, 0.2) is 0 Å². The minimum absolute atomic E-state index is 0. The van der Waals surface area contributed by atoms with Crippen molar-refractivity contribution in [3.63, 3.8) is 0 Å². The first-order valence-corrected chi connectivity index (χ1v) is 6.68. The van der Waals surface area contributed by atoms with Gasteiger partial charge >= 0.3 is 0 Å². The van der Waals surface area contributed by atoms with Crippen LogP contribution in [0, 0.1) is 17.8 Å². The van der Waals surface area contributed by atoms with Gasteiger partial charge in [0.1, 0.15) is 0 Å². The lowest BCUT2D eigenvalue weighted by atomic mass is 9.87. The average Bonchev–Trinajstić information content (AvgIpc) is 2.33. The van der Waals surface area contributed by atoms with Crippen molar-refractivity contribution in [1.82, 2.24) is 10.2 Å². The van der Waals surface area contributed by atoms with Crippen LogP contribution in [0.5, 0.6) is 0 Å². The fourth-order valence-corrected chi connectivity index (χ4v) is 2.78. The van der Waals surface area contributed by atoms with E-state index >= 15 is 0 Å². The Kier molecular flexibility index (Phi) is 5.74. The summed E-state index contributed by atoms with van der Waals surface area (Å²) in [7, 11) is 0. The zero-order chi connectivity index (χ0) is 11.5. The second kappa shape index (κ2) is 6.60. The number of amides is 1. The maximum Gasteiger partial charge on any atom is 0.226 e. The van der Waals surface area contributed by atoms with Gasteiger partial charge in [-0.05, 0) is 37.6 Å². The molecule has 0 aromatic heterocycles. The lowest BCUT2D eigenvalue weighted by Gasteiger charge is -2.37. The van der Waals surface area contributed by atoms with Crippen molar-refractivity contribution in [3.8, 4) is 0 Å². The van der Waals surface area contributed by atoms with Crippen LogP contribution in [-0.4, -0.2) is 37.0 Å². The van der Waals surface area contributed by atoms with E-state index in [4.69, 9.17) is 0 Å². The molecule has 1 N–H and O–H groups in total. The maximum atomic E-state index is 12.3. The zero-order valence-electron chi connectivity index (χ0n) is 10.9. The highest BCUT2D eigenvalue weighted by Crippen LogP contribution is 2.24. The first-order chi connectivity index (χ1) is 7.68. The van der Waals surface area contributed by atoms with Crippen molar-refractivity contribution in [2.24, 2.45) is 17.8 Å². The van der Waals surface area contributed by atoms with E-state index in [1.165, 1.54) is 6.42 Å². The van der Waals surface area contributed by atoms with Crippen LogP contribution in [-0.2, 0) is 4.79 Å². The molecule has 3 unspecified atom stereocenters. The van der Waals surface area contributed by atoms with Crippen LogP contribution < -0.4 is 5.32 Å². The van der Waals surface area contributed by atoms with E-state index in [2.05, 4.69) is 24.1 Å². The molecule has 3 atom stereocenters. The molecule has 0 radical (unpaired) electrons. The zero-order valence-corrected chi connectivity index (χ0v) is 11.8. The van der Waals surface area contributed by atoms with Crippen LogP contribution in [0.3, 0.4) is 0 Å². The number of nitrogens with one attached hydrogen (secondary N) is 1. The predicted octanol–water partition coefficient (Wildman–Crippen LogP) is 1.91. The quantitative estimate of drug-likeness (QED) is 0.781. The summed E-state index contributed by atoms with van der Waals surface area (Å²) in [5.41, 5.74) is 0. The third kappa shape index (κ3) is 3.59. The third-order valence-electron chi connectivity index (χ3n) is 4.29. The molecule has 2 aliphatic heterocycles. The average molecular weight is 261 g/mol. The summed E-state index contributed by atoms with van der Waals surface area (Å²) < 4.78 is 0. The largest absolute Gasteiger partial charge is 0.342 e. The summed E-state index contributed by atoms with van der Waals surface area (Å²) in [4.78, 5) is 14.4. The van der Waals surface area contributed by atoms with E-state index < -0.39 is 0 Å². The molecule has 0 spiro atoms. The fraction of sp³-hybridized carbons (Fsp3) is 0.923. The molecule has 4 heteroatoms. The molecule has 1 amide bonds. The Labute approximate surface area is 111 Å². The Bertz CT molecular complexity index is 254.